The topological polar surface area (TPSA) is 44.3 Å². The van der Waals surface area contributed by atoms with E-state index in [1.165, 1.54) is 0 Å². The van der Waals surface area contributed by atoms with Crippen LogP contribution in [0.5, 0.6) is 0 Å². The molecule has 2 heterocycles. The van der Waals surface area contributed by atoms with Gasteiger partial charge in [0.2, 0.25) is 5.95 Å². The predicted molar refractivity (Wildman–Crippen MR) is 72.2 cm³/mol. The van der Waals surface area contributed by atoms with E-state index in [0.717, 1.165) is 42.9 Å². The molecule has 0 amide bonds. The van der Waals surface area contributed by atoms with Crippen LogP contribution in [0.25, 0.3) is 0 Å². The van der Waals surface area contributed by atoms with E-state index in [2.05, 4.69) is 25.1 Å². The maximum atomic E-state index is 5.22. The number of rotatable bonds is 1. The molecular weight excluding hydrogens is 234 g/mol. The molecule has 0 spiro atoms. The molecule has 0 aromatic carbocycles. The van der Waals surface area contributed by atoms with Gasteiger partial charge < -0.3 is 15.1 Å². The highest BCUT2D eigenvalue weighted by molar-refractivity contribution is 7.80. The molecule has 1 N–H and O–H groups in total. The Morgan fingerprint density at radius 3 is 2.65 bits per heavy atom. The lowest BCUT2D eigenvalue weighted by Crippen LogP contribution is -2.51. The summed E-state index contributed by atoms with van der Waals surface area (Å²) in [6.45, 7) is 5.63. The third-order valence-corrected chi connectivity index (χ3v) is 3.31. The van der Waals surface area contributed by atoms with E-state index in [9.17, 15) is 0 Å². The van der Waals surface area contributed by atoms with Crippen molar-refractivity contribution in [3.63, 3.8) is 0 Å². The number of hydrogen-bond donors (Lipinski definition) is 1. The molecular formula is C11H17N5S. The third-order valence-electron chi connectivity index (χ3n) is 2.85. The van der Waals surface area contributed by atoms with Gasteiger partial charge in [-0.1, -0.05) is 0 Å². The summed E-state index contributed by atoms with van der Waals surface area (Å²) in [6.07, 6.45) is 1.81. The summed E-state index contributed by atoms with van der Waals surface area (Å²) in [4.78, 5) is 13.1. The lowest BCUT2D eigenvalue weighted by atomic mass is 10.3. The quantitative estimate of drug-likeness (QED) is 0.730. The average Bonchev–Trinajstić information content (AvgIpc) is 2.38. The molecule has 0 radical (unpaired) electrons. The highest BCUT2D eigenvalue weighted by Crippen LogP contribution is 2.10. The molecule has 1 aliphatic rings. The molecule has 1 aromatic heterocycles. The van der Waals surface area contributed by atoms with Gasteiger partial charge in [-0.2, -0.15) is 0 Å². The van der Waals surface area contributed by atoms with Crippen molar-refractivity contribution in [3.8, 4) is 0 Å². The van der Waals surface area contributed by atoms with Crippen LogP contribution in [-0.4, -0.2) is 53.2 Å². The van der Waals surface area contributed by atoms with Crippen LogP contribution in [-0.2, 0) is 0 Å². The van der Waals surface area contributed by atoms with Crippen molar-refractivity contribution in [1.82, 2.24) is 20.2 Å². The maximum Gasteiger partial charge on any atom is 0.225 e. The van der Waals surface area contributed by atoms with Crippen LogP contribution >= 0.6 is 12.2 Å². The number of nitrogens with zero attached hydrogens (tertiary/aromatic N) is 4. The van der Waals surface area contributed by atoms with Gasteiger partial charge in [-0.3, -0.25) is 0 Å². The number of aromatic nitrogens is 2. The van der Waals surface area contributed by atoms with Crippen molar-refractivity contribution in [2.75, 3.05) is 38.1 Å². The van der Waals surface area contributed by atoms with Gasteiger partial charge in [0.15, 0.2) is 5.11 Å². The van der Waals surface area contributed by atoms with Gasteiger partial charge in [-0.05, 0) is 25.2 Å². The number of thiocarbonyl (C=S) groups is 1. The molecule has 92 valence electrons. The van der Waals surface area contributed by atoms with Gasteiger partial charge in [-0.25, -0.2) is 9.97 Å². The zero-order valence-corrected chi connectivity index (χ0v) is 11.0. The first-order chi connectivity index (χ1) is 8.20. The van der Waals surface area contributed by atoms with Crippen LogP contribution in [0.4, 0.5) is 5.95 Å². The Hall–Kier alpha value is -1.43. The first-order valence-electron chi connectivity index (χ1n) is 5.72. The van der Waals surface area contributed by atoms with E-state index >= 15 is 0 Å². The van der Waals surface area contributed by atoms with Gasteiger partial charge in [0.1, 0.15) is 0 Å². The highest BCUT2D eigenvalue weighted by Gasteiger charge is 2.19. The molecule has 0 atom stereocenters. The van der Waals surface area contributed by atoms with Crippen LogP contribution in [0.2, 0.25) is 0 Å². The number of anilines is 1. The summed E-state index contributed by atoms with van der Waals surface area (Å²) >= 11 is 5.22. The van der Waals surface area contributed by atoms with Crippen LogP contribution in [0.15, 0.2) is 12.3 Å². The molecule has 0 unspecified atom stereocenters. The normalized spacial score (nSPS) is 15.9. The number of hydrogen-bond acceptors (Lipinski definition) is 4. The summed E-state index contributed by atoms with van der Waals surface area (Å²) in [6, 6.07) is 1.91. The third kappa shape index (κ3) is 2.82. The van der Waals surface area contributed by atoms with Gasteiger partial charge in [0, 0.05) is 45.1 Å². The predicted octanol–water partition coefficient (Wildman–Crippen LogP) is 0.411. The van der Waals surface area contributed by atoms with Crippen LogP contribution in [0.3, 0.4) is 0 Å². The molecule has 1 saturated heterocycles. The lowest BCUT2D eigenvalue weighted by Gasteiger charge is -2.35. The molecule has 1 aliphatic heterocycles. The fraction of sp³-hybridized carbons (Fsp3) is 0.545. The lowest BCUT2D eigenvalue weighted by molar-refractivity contribution is 0.380. The summed E-state index contributed by atoms with van der Waals surface area (Å²) in [5.74, 6) is 0.819. The first kappa shape index (κ1) is 12.0. The maximum absolute atomic E-state index is 5.22. The van der Waals surface area contributed by atoms with Crippen molar-refractivity contribution in [2.24, 2.45) is 0 Å². The van der Waals surface area contributed by atoms with E-state index < -0.39 is 0 Å². The zero-order chi connectivity index (χ0) is 12.3. The Morgan fingerprint density at radius 2 is 2.06 bits per heavy atom. The van der Waals surface area contributed by atoms with Crippen molar-refractivity contribution >= 4 is 23.3 Å². The van der Waals surface area contributed by atoms with Crippen LogP contribution in [0.1, 0.15) is 5.69 Å². The number of nitrogens with one attached hydrogen (secondary N) is 1. The van der Waals surface area contributed by atoms with Gasteiger partial charge in [-0.15, -0.1) is 0 Å². The fourth-order valence-electron chi connectivity index (χ4n) is 1.86. The summed E-state index contributed by atoms with van der Waals surface area (Å²) in [5, 5.41) is 3.82. The minimum atomic E-state index is 0.815. The largest absolute Gasteiger partial charge is 0.366 e. The summed E-state index contributed by atoms with van der Waals surface area (Å²) in [7, 11) is 1.86. The van der Waals surface area contributed by atoms with Crippen molar-refractivity contribution in [2.45, 2.75) is 6.92 Å². The zero-order valence-electron chi connectivity index (χ0n) is 10.2. The van der Waals surface area contributed by atoms with Gasteiger partial charge in [0.05, 0.1) is 0 Å². The fourth-order valence-corrected chi connectivity index (χ4v) is 2.04. The average molecular weight is 251 g/mol. The monoisotopic (exact) mass is 251 g/mol. The van der Waals surface area contributed by atoms with Crippen LogP contribution in [0, 0.1) is 6.92 Å². The Kier molecular flexibility index (Phi) is 3.73. The van der Waals surface area contributed by atoms with E-state index in [4.69, 9.17) is 12.2 Å². The van der Waals surface area contributed by atoms with E-state index in [1.54, 1.807) is 0 Å². The molecule has 1 aromatic rings. The second kappa shape index (κ2) is 5.27. The number of piperazine rings is 1. The van der Waals surface area contributed by atoms with E-state index in [-0.39, 0.29) is 0 Å². The Bertz CT molecular complexity index is 401. The van der Waals surface area contributed by atoms with E-state index in [1.807, 2.05) is 26.2 Å². The molecule has 2 rings (SSSR count). The minimum absolute atomic E-state index is 0.815. The molecule has 17 heavy (non-hydrogen) atoms. The van der Waals surface area contributed by atoms with E-state index in [0.29, 0.717) is 0 Å². The molecule has 0 bridgehead atoms. The SMILES string of the molecule is CNC(=S)N1CCN(c2nccc(C)n2)CC1. The molecule has 1 fully saturated rings. The minimum Gasteiger partial charge on any atom is -0.366 e. The smallest absolute Gasteiger partial charge is 0.225 e. The Morgan fingerprint density at radius 1 is 1.35 bits per heavy atom. The van der Waals surface area contributed by atoms with Crippen molar-refractivity contribution in [3.05, 3.63) is 18.0 Å². The highest BCUT2D eigenvalue weighted by atomic mass is 32.1. The van der Waals surface area contributed by atoms with Gasteiger partial charge in [0.25, 0.3) is 0 Å². The standard InChI is InChI=1S/C11H17N5S/c1-9-3-4-13-10(14-9)15-5-7-16(8-6-15)11(17)12-2/h3-4H,5-8H2,1-2H3,(H,12,17). The second-order valence-electron chi connectivity index (χ2n) is 4.03. The molecule has 0 saturated carbocycles. The van der Waals surface area contributed by atoms with Crippen molar-refractivity contribution < 1.29 is 0 Å². The first-order valence-corrected chi connectivity index (χ1v) is 6.13. The molecule has 0 aliphatic carbocycles. The Labute approximate surface area is 107 Å². The molecule has 6 heteroatoms. The summed E-state index contributed by atoms with van der Waals surface area (Å²) < 4.78 is 0. The van der Waals surface area contributed by atoms with Crippen molar-refractivity contribution in [1.29, 1.82) is 0 Å². The summed E-state index contributed by atoms with van der Waals surface area (Å²) in [5.41, 5.74) is 1.00. The van der Waals surface area contributed by atoms with Gasteiger partial charge >= 0.3 is 0 Å². The Balaban J connectivity index is 1.97. The van der Waals surface area contributed by atoms with Crippen LogP contribution < -0.4 is 10.2 Å². The molecule has 5 nitrogen and oxygen atoms in total. The second-order valence-corrected chi connectivity index (χ2v) is 4.41. The number of aryl methyl sites for hydroxylation is 1.